The highest BCUT2D eigenvalue weighted by atomic mass is 35.5. The normalized spacial score (nSPS) is 14.5. The first kappa shape index (κ1) is 24.0. The van der Waals surface area contributed by atoms with Crippen LogP contribution in [0.25, 0.3) is 6.08 Å². The van der Waals surface area contributed by atoms with Gasteiger partial charge in [-0.15, -0.1) is 0 Å². The summed E-state index contributed by atoms with van der Waals surface area (Å²) in [6, 6.07) is 17.2. The molecular weight excluding hydrogens is 499 g/mol. The fourth-order valence-electron chi connectivity index (χ4n) is 3.35. The molecule has 0 atom stereocenters. The van der Waals surface area contributed by atoms with Crippen molar-refractivity contribution < 1.29 is 19.1 Å². The van der Waals surface area contributed by atoms with E-state index in [1.165, 1.54) is 11.1 Å². The highest BCUT2D eigenvalue weighted by Gasteiger charge is 2.34. The highest BCUT2D eigenvalue weighted by molar-refractivity contribution is 6.35. The Kier molecular flexibility index (Phi) is 7.32. The van der Waals surface area contributed by atoms with Gasteiger partial charge in [-0.05, 0) is 55.0 Å². The Morgan fingerprint density at radius 2 is 1.71 bits per heavy atom. The van der Waals surface area contributed by atoms with Crippen LogP contribution in [0.3, 0.4) is 0 Å². The number of anilines is 1. The first-order chi connectivity index (χ1) is 16.4. The molecule has 0 saturated carbocycles. The number of nitrogens with one attached hydrogen (secondary N) is 1. The highest BCUT2D eigenvalue weighted by Crippen LogP contribution is 2.38. The van der Waals surface area contributed by atoms with E-state index in [9.17, 15) is 9.59 Å². The van der Waals surface area contributed by atoms with Gasteiger partial charge in [-0.1, -0.05) is 59.1 Å². The van der Waals surface area contributed by atoms with Crippen molar-refractivity contribution in [3.05, 3.63) is 92.4 Å². The Labute approximate surface area is 211 Å². The van der Waals surface area contributed by atoms with Crippen molar-refractivity contribution in [1.82, 2.24) is 5.43 Å². The summed E-state index contributed by atoms with van der Waals surface area (Å²) < 4.78 is 11.6. The van der Waals surface area contributed by atoms with E-state index < -0.39 is 11.8 Å². The number of hydrazine groups is 1. The predicted molar refractivity (Wildman–Crippen MR) is 133 cm³/mol. The average Bonchev–Trinajstić information content (AvgIpc) is 3.09. The standard InChI is InChI=1S/C25H19Cl3N2O4/c1-2-33-22-12-15(10-19-24(31)29-30(25(19)32)18-6-4-3-5-7-18)11-21(28)23(22)34-14-16-8-9-17(26)13-20(16)27/h3-13H,2,14H2,1H3,(H,29,31)/b19-10-. The lowest BCUT2D eigenvalue weighted by Crippen LogP contribution is -2.35. The van der Waals surface area contributed by atoms with E-state index >= 15 is 0 Å². The minimum atomic E-state index is -0.513. The minimum Gasteiger partial charge on any atom is -0.490 e. The number of rotatable bonds is 7. The molecule has 174 valence electrons. The van der Waals surface area contributed by atoms with Crippen molar-refractivity contribution in [3.8, 4) is 11.5 Å². The van der Waals surface area contributed by atoms with E-state index in [4.69, 9.17) is 44.3 Å². The first-order valence-electron chi connectivity index (χ1n) is 10.3. The van der Waals surface area contributed by atoms with Crippen molar-refractivity contribution in [2.24, 2.45) is 0 Å². The molecule has 1 heterocycles. The van der Waals surface area contributed by atoms with Crippen LogP contribution < -0.4 is 19.9 Å². The fourth-order valence-corrected chi connectivity index (χ4v) is 4.08. The van der Waals surface area contributed by atoms with Gasteiger partial charge in [-0.3, -0.25) is 15.0 Å². The van der Waals surface area contributed by atoms with Gasteiger partial charge in [0.1, 0.15) is 12.2 Å². The summed E-state index contributed by atoms with van der Waals surface area (Å²) in [5.41, 5.74) is 4.34. The van der Waals surface area contributed by atoms with Crippen LogP contribution in [0.1, 0.15) is 18.1 Å². The van der Waals surface area contributed by atoms with Crippen LogP contribution >= 0.6 is 34.8 Å². The Morgan fingerprint density at radius 1 is 0.941 bits per heavy atom. The van der Waals surface area contributed by atoms with E-state index in [1.54, 1.807) is 54.6 Å². The Hall–Kier alpha value is -3.19. The third-order valence-corrected chi connectivity index (χ3v) is 5.80. The van der Waals surface area contributed by atoms with Gasteiger partial charge in [0.25, 0.3) is 11.8 Å². The summed E-state index contributed by atoms with van der Waals surface area (Å²) in [6.45, 7) is 2.32. The molecule has 34 heavy (non-hydrogen) atoms. The van der Waals surface area contributed by atoms with Crippen molar-refractivity contribution in [1.29, 1.82) is 0 Å². The van der Waals surface area contributed by atoms with Gasteiger partial charge in [-0.2, -0.15) is 0 Å². The number of benzene rings is 3. The molecule has 3 aromatic rings. The summed E-state index contributed by atoms with van der Waals surface area (Å²) >= 11 is 18.7. The van der Waals surface area contributed by atoms with Crippen molar-refractivity contribution in [2.75, 3.05) is 11.6 Å². The molecule has 9 heteroatoms. The molecule has 1 N–H and O–H groups in total. The van der Waals surface area contributed by atoms with Crippen LogP contribution in [0.4, 0.5) is 5.69 Å². The number of nitrogens with zero attached hydrogens (tertiary/aromatic N) is 1. The molecular formula is C25H19Cl3N2O4. The number of halogens is 3. The monoisotopic (exact) mass is 516 g/mol. The Bertz CT molecular complexity index is 1280. The zero-order chi connectivity index (χ0) is 24.2. The topological polar surface area (TPSA) is 67.9 Å². The summed E-state index contributed by atoms with van der Waals surface area (Å²) in [6.07, 6.45) is 1.47. The molecule has 0 aromatic heterocycles. The average molecular weight is 518 g/mol. The molecule has 0 bridgehead atoms. The maximum absolute atomic E-state index is 12.9. The van der Waals surface area contributed by atoms with E-state index in [1.807, 2.05) is 13.0 Å². The van der Waals surface area contributed by atoms with E-state index in [2.05, 4.69) is 5.43 Å². The van der Waals surface area contributed by atoms with E-state index in [-0.39, 0.29) is 17.2 Å². The van der Waals surface area contributed by atoms with E-state index in [0.717, 1.165) is 5.56 Å². The van der Waals surface area contributed by atoms with Crippen molar-refractivity contribution in [3.63, 3.8) is 0 Å². The number of ether oxygens (including phenoxy) is 2. The molecule has 0 radical (unpaired) electrons. The summed E-state index contributed by atoms with van der Waals surface area (Å²) in [4.78, 5) is 25.4. The summed E-state index contributed by atoms with van der Waals surface area (Å²) in [5, 5.41) is 2.45. The molecule has 1 saturated heterocycles. The number of hydrogen-bond acceptors (Lipinski definition) is 4. The van der Waals surface area contributed by atoms with Crippen LogP contribution in [-0.4, -0.2) is 18.4 Å². The lowest BCUT2D eigenvalue weighted by molar-refractivity contribution is -0.117. The zero-order valence-corrected chi connectivity index (χ0v) is 20.2. The second-order valence-electron chi connectivity index (χ2n) is 7.26. The maximum atomic E-state index is 12.9. The van der Waals surface area contributed by atoms with Gasteiger partial charge in [0.2, 0.25) is 0 Å². The number of carbonyl (C=O) groups excluding carboxylic acids is 2. The zero-order valence-electron chi connectivity index (χ0n) is 18.0. The molecule has 2 amide bonds. The largest absolute Gasteiger partial charge is 0.490 e. The number of hydrogen-bond donors (Lipinski definition) is 1. The molecule has 3 aromatic carbocycles. The lowest BCUT2D eigenvalue weighted by Gasteiger charge is -2.15. The Morgan fingerprint density at radius 3 is 2.41 bits per heavy atom. The molecule has 1 aliphatic rings. The van der Waals surface area contributed by atoms with Crippen molar-refractivity contribution >= 4 is 58.4 Å². The smallest absolute Gasteiger partial charge is 0.282 e. The SMILES string of the molecule is CCOc1cc(/C=C2/C(=O)NN(c3ccccc3)C2=O)cc(Cl)c1OCc1ccc(Cl)cc1Cl. The molecule has 4 rings (SSSR count). The Balaban J connectivity index is 1.61. The van der Waals surface area contributed by atoms with Gasteiger partial charge < -0.3 is 9.47 Å². The molecule has 1 fully saturated rings. The minimum absolute atomic E-state index is 0.0241. The molecule has 6 nitrogen and oxygen atoms in total. The fraction of sp³-hybridized carbons (Fsp3) is 0.120. The number of para-hydroxylation sites is 1. The molecule has 0 spiro atoms. The van der Waals surface area contributed by atoms with Gasteiger partial charge in [-0.25, -0.2) is 5.01 Å². The van der Waals surface area contributed by atoms with Crippen LogP contribution in [0.15, 0.2) is 66.2 Å². The van der Waals surface area contributed by atoms with Crippen LogP contribution in [0.2, 0.25) is 15.1 Å². The van der Waals surface area contributed by atoms with Gasteiger partial charge in [0.05, 0.1) is 17.3 Å². The van der Waals surface area contributed by atoms with E-state index in [0.29, 0.717) is 39.4 Å². The molecule has 1 aliphatic heterocycles. The third kappa shape index (κ3) is 5.14. The first-order valence-corrected chi connectivity index (χ1v) is 11.5. The quantitative estimate of drug-likeness (QED) is 0.304. The molecule has 0 unspecified atom stereocenters. The van der Waals surface area contributed by atoms with Crippen LogP contribution in [0, 0.1) is 0 Å². The van der Waals surface area contributed by atoms with Gasteiger partial charge >= 0.3 is 0 Å². The summed E-state index contributed by atoms with van der Waals surface area (Å²) in [7, 11) is 0. The van der Waals surface area contributed by atoms with Gasteiger partial charge in [0, 0.05) is 15.6 Å². The second-order valence-corrected chi connectivity index (χ2v) is 8.51. The number of carbonyl (C=O) groups is 2. The number of amides is 2. The van der Waals surface area contributed by atoms with Crippen LogP contribution in [0.5, 0.6) is 11.5 Å². The second kappa shape index (κ2) is 10.4. The lowest BCUT2D eigenvalue weighted by atomic mass is 10.1. The van der Waals surface area contributed by atoms with Crippen molar-refractivity contribution in [2.45, 2.75) is 13.5 Å². The third-order valence-electron chi connectivity index (χ3n) is 4.94. The molecule has 0 aliphatic carbocycles. The maximum Gasteiger partial charge on any atom is 0.282 e. The summed E-state index contributed by atoms with van der Waals surface area (Å²) in [5.74, 6) is -0.286. The van der Waals surface area contributed by atoms with Gasteiger partial charge in [0.15, 0.2) is 11.5 Å². The predicted octanol–water partition coefficient (Wildman–Crippen LogP) is 6.09. The van der Waals surface area contributed by atoms with Crippen LogP contribution in [-0.2, 0) is 16.2 Å².